The molecule has 2 heterocycles. The van der Waals surface area contributed by atoms with Crippen molar-refractivity contribution in [1.82, 2.24) is 14.8 Å². The molecule has 1 aliphatic heterocycles. The molecule has 4 rings (SSSR count). The minimum absolute atomic E-state index is 0.150. The third-order valence-corrected chi connectivity index (χ3v) is 6.65. The van der Waals surface area contributed by atoms with Gasteiger partial charge in [-0.1, -0.05) is 31.5 Å². The van der Waals surface area contributed by atoms with Gasteiger partial charge in [-0.05, 0) is 62.6 Å². The molecule has 1 saturated heterocycles. The van der Waals surface area contributed by atoms with E-state index in [4.69, 9.17) is 4.74 Å². The Hall–Kier alpha value is -3.12. The van der Waals surface area contributed by atoms with Gasteiger partial charge in [-0.3, -0.25) is 14.2 Å². The number of aromatic nitrogens is 1. The van der Waals surface area contributed by atoms with E-state index in [2.05, 4.69) is 17.1 Å². The Morgan fingerprint density at radius 3 is 2.58 bits per heavy atom. The van der Waals surface area contributed by atoms with Crippen molar-refractivity contribution in [3.05, 3.63) is 70.6 Å². The fourth-order valence-electron chi connectivity index (χ4n) is 4.80. The zero-order valence-electron chi connectivity index (χ0n) is 19.5. The first kappa shape index (κ1) is 23.1. The molecule has 1 fully saturated rings. The van der Waals surface area contributed by atoms with Gasteiger partial charge in [0.15, 0.2) is 0 Å². The van der Waals surface area contributed by atoms with E-state index in [0.717, 1.165) is 19.5 Å². The Bertz CT molecular complexity index is 1150. The molecule has 1 atom stereocenters. The number of fused-ring (bicyclic) bond motifs is 1. The Balaban J connectivity index is 1.53. The fraction of sp³-hybridized carbons (Fsp3) is 0.407. The number of hydrogen-bond donors (Lipinski definition) is 1. The SMILES string of the molecule is CC[C@H]1CCCCN1CCCNC(=O)c1cn(-c2ccc(OC)cc2)c(=O)c2ccccc12. The van der Waals surface area contributed by atoms with Gasteiger partial charge in [-0.25, -0.2) is 0 Å². The average Bonchev–Trinajstić information content (AvgIpc) is 2.87. The molecule has 33 heavy (non-hydrogen) atoms. The third-order valence-electron chi connectivity index (χ3n) is 6.65. The van der Waals surface area contributed by atoms with E-state index < -0.39 is 0 Å². The third kappa shape index (κ3) is 5.11. The van der Waals surface area contributed by atoms with Crippen molar-refractivity contribution in [2.75, 3.05) is 26.7 Å². The number of benzene rings is 2. The molecular formula is C27H33N3O3. The summed E-state index contributed by atoms with van der Waals surface area (Å²) in [5, 5.41) is 4.28. The number of amides is 1. The number of methoxy groups -OCH3 is 1. The minimum Gasteiger partial charge on any atom is -0.497 e. The second-order valence-electron chi connectivity index (χ2n) is 8.66. The van der Waals surface area contributed by atoms with Gasteiger partial charge in [-0.15, -0.1) is 0 Å². The lowest BCUT2D eigenvalue weighted by molar-refractivity contribution is 0.0948. The molecule has 2 aromatic carbocycles. The number of hydrogen-bond acceptors (Lipinski definition) is 4. The van der Waals surface area contributed by atoms with Gasteiger partial charge in [0.2, 0.25) is 0 Å². The highest BCUT2D eigenvalue weighted by Gasteiger charge is 2.20. The molecule has 0 aliphatic carbocycles. The molecule has 1 aliphatic rings. The number of carbonyl (C=O) groups is 1. The smallest absolute Gasteiger partial charge is 0.262 e. The summed E-state index contributed by atoms with van der Waals surface area (Å²) in [6, 6.07) is 15.2. The quantitative estimate of drug-likeness (QED) is 0.521. The Morgan fingerprint density at radius 1 is 1.09 bits per heavy atom. The highest BCUT2D eigenvalue weighted by Crippen LogP contribution is 2.21. The lowest BCUT2D eigenvalue weighted by atomic mass is 10.00. The van der Waals surface area contributed by atoms with E-state index in [1.54, 1.807) is 31.5 Å². The number of carbonyl (C=O) groups excluding carboxylic acids is 1. The predicted molar refractivity (Wildman–Crippen MR) is 133 cm³/mol. The fourth-order valence-corrected chi connectivity index (χ4v) is 4.80. The van der Waals surface area contributed by atoms with Crippen molar-refractivity contribution >= 4 is 16.7 Å². The molecule has 6 nitrogen and oxygen atoms in total. The number of piperidine rings is 1. The van der Waals surface area contributed by atoms with Crippen molar-refractivity contribution in [1.29, 1.82) is 0 Å². The number of ether oxygens (including phenoxy) is 1. The van der Waals surface area contributed by atoms with Gasteiger partial charge in [0.05, 0.1) is 12.7 Å². The zero-order chi connectivity index (χ0) is 23.2. The molecule has 0 saturated carbocycles. The summed E-state index contributed by atoms with van der Waals surface area (Å²) in [7, 11) is 1.60. The van der Waals surface area contributed by atoms with E-state index >= 15 is 0 Å². The number of pyridine rings is 1. The highest BCUT2D eigenvalue weighted by molar-refractivity contribution is 6.06. The first-order valence-corrected chi connectivity index (χ1v) is 11.9. The molecule has 0 bridgehead atoms. The van der Waals surface area contributed by atoms with Crippen LogP contribution in [0.15, 0.2) is 59.5 Å². The normalized spacial score (nSPS) is 16.6. The maximum absolute atomic E-state index is 13.2. The van der Waals surface area contributed by atoms with Crippen LogP contribution >= 0.6 is 0 Å². The first-order chi connectivity index (χ1) is 16.1. The molecule has 0 unspecified atom stereocenters. The van der Waals surface area contributed by atoms with E-state index in [9.17, 15) is 9.59 Å². The van der Waals surface area contributed by atoms with Crippen LogP contribution in [0.5, 0.6) is 5.75 Å². The maximum Gasteiger partial charge on any atom is 0.262 e. The van der Waals surface area contributed by atoms with Crippen LogP contribution < -0.4 is 15.6 Å². The van der Waals surface area contributed by atoms with Crippen LogP contribution in [0, 0.1) is 0 Å². The van der Waals surface area contributed by atoms with Gasteiger partial charge < -0.3 is 15.0 Å². The van der Waals surface area contributed by atoms with E-state index in [1.807, 2.05) is 30.3 Å². The van der Waals surface area contributed by atoms with E-state index in [1.165, 1.54) is 30.3 Å². The molecule has 3 aromatic rings. The Kier molecular flexibility index (Phi) is 7.45. The molecular weight excluding hydrogens is 414 g/mol. The topological polar surface area (TPSA) is 63.6 Å². The standard InChI is InChI=1S/C27H33N3O3/c1-3-20-9-6-7-17-29(20)18-8-16-28-26(31)25-19-30(21-12-14-22(33-2)15-13-21)27(32)24-11-5-4-10-23(24)25/h4-5,10-15,19-20H,3,6-9,16-18H2,1-2H3,(H,28,31)/t20-/m0/s1. The van der Waals surface area contributed by atoms with Gasteiger partial charge in [0.1, 0.15) is 5.75 Å². The van der Waals surface area contributed by atoms with Gasteiger partial charge in [0.25, 0.3) is 11.5 Å². The Morgan fingerprint density at radius 2 is 1.85 bits per heavy atom. The van der Waals surface area contributed by atoms with Crippen LogP contribution in [0.1, 0.15) is 49.4 Å². The van der Waals surface area contributed by atoms with Crippen molar-refractivity contribution in [3.8, 4) is 11.4 Å². The summed E-state index contributed by atoms with van der Waals surface area (Å²) in [6.45, 7) is 5.03. The van der Waals surface area contributed by atoms with Crippen molar-refractivity contribution in [2.24, 2.45) is 0 Å². The molecule has 1 aromatic heterocycles. The van der Waals surface area contributed by atoms with Gasteiger partial charge in [0, 0.05) is 41.8 Å². The summed E-state index contributed by atoms with van der Waals surface area (Å²) in [6.07, 6.45) is 7.62. The zero-order valence-corrected chi connectivity index (χ0v) is 19.5. The van der Waals surface area contributed by atoms with Gasteiger partial charge >= 0.3 is 0 Å². The monoisotopic (exact) mass is 447 g/mol. The average molecular weight is 448 g/mol. The molecule has 174 valence electrons. The maximum atomic E-state index is 13.2. The van der Waals surface area contributed by atoms with Gasteiger partial charge in [-0.2, -0.15) is 0 Å². The lowest BCUT2D eigenvalue weighted by Gasteiger charge is -2.35. The summed E-state index contributed by atoms with van der Waals surface area (Å²) >= 11 is 0. The number of likely N-dealkylation sites (tertiary alicyclic amines) is 1. The Labute approximate surface area is 195 Å². The molecule has 1 N–H and O–H groups in total. The first-order valence-electron chi connectivity index (χ1n) is 11.9. The second-order valence-corrected chi connectivity index (χ2v) is 8.66. The summed E-state index contributed by atoms with van der Waals surface area (Å²) in [4.78, 5) is 28.9. The van der Waals surface area contributed by atoms with Crippen molar-refractivity contribution < 1.29 is 9.53 Å². The largest absolute Gasteiger partial charge is 0.497 e. The van der Waals surface area contributed by atoms with Crippen LogP contribution in [0.4, 0.5) is 0 Å². The summed E-state index contributed by atoms with van der Waals surface area (Å²) in [5.41, 5.74) is 1.05. The summed E-state index contributed by atoms with van der Waals surface area (Å²) < 4.78 is 6.76. The molecule has 0 radical (unpaired) electrons. The number of nitrogens with one attached hydrogen (secondary N) is 1. The minimum atomic E-state index is -0.154. The lowest BCUT2D eigenvalue weighted by Crippen LogP contribution is -2.40. The number of nitrogens with zero attached hydrogens (tertiary/aromatic N) is 2. The van der Waals surface area contributed by atoms with E-state index in [0.29, 0.717) is 40.4 Å². The van der Waals surface area contributed by atoms with Crippen LogP contribution in [-0.2, 0) is 0 Å². The van der Waals surface area contributed by atoms with Crippen LogP contribution in [-0.4, -0.2) is 48.2 Å². The molecule has 0 spiro atoms. The summed E-state index contributed by atoms with van der Waals surface area (Å²) in [5.74, 6) is 0.559. The van der Waals surface area contributed by atoms with Crippen LogP contribution in [0.25, 0.3) is 16.5 Å². The molecule has 1 amide bonds. The van der Waals surface area contributed by atoms with Crippen LogP contribution in [0.2, 0.25) is 0 Å². The second kappa shape index (κ2) is 10.7. The predicted octanol–water partition coefficient (Wildman–Crippen LogP) is 4.38. The van der Waals surface area contributed by atoms with Crippen molar-refractivity contribution in [3.63, 3.8) is 0 Å². The van der Waals surface area contributed by atoms with E-state index in [-0.39, 0.29) is 11.5 Å². The van der Waals surface area contributed by atoms with Crippen molar-refractivity contribution in [2.45, 2.75) is 45.1 Å². The highest BCUT2D eigenvalue weighted by atomic mass is 16.5. The molecule has 6 heteroatoms. The number of rotatable bonds is 8. The van der Waals surface area contributed by atoms with Crippen LogP contribution in [0.3, 0.4) is 0 Å².